The molecule has 158 valence electrons. The van der Waals surface area contributed by atoms with Crippen molar-refractivity contribution in [2.75, 3.05) is 39.3 Å². The number of rotatable bonds is 4. The lowest BCUT2D eigenvalue weighted by Crippen LogP contribution is -2.70. The predicted molar refractivity (Wildman–Crippen MR) is 110 cm³/mol. The summed E-state index contributed by atoms with van der Waals surface area (Å²) in [6, 6.07) is 0. The van der Waals surface area contributed by atoms with Gasteiger partial charge in [-0.1, -0.05) is 0 Å². The van der Waals surface area contributed by atoms with E-state index in [4.69, 9.17) is 11.6 Å². The molecule has 4 rings (SSSR count). The fourth-order valence-corrected chi connectivity index (χ4v) is 5.94. The second-order valence-electron chi connectivity index (χ2n) is 9.16. The normalized spacial score (nSPS) is 37.9. The van der Waals surface area contributed by atoms with Crippen molar-refractivity contribution >= 4 is 23.4 Å². The number of amides is 2. The molecule has 0 bridgehead atoms. The molecule has 3 saturated heterocycles. The molecule has 7 heteroatoms. The highest BCUT2D eigenvalue weighted by molar-refractivity contribution is 6.20. The molecule has 3 heterocycles. The zero-order chi connectivity index (χ0) is 19.7. The molecular weight excluding hydrogens is 376 g/mol. The molecule has 1 aliphatic carbocycles. The van der Waals surface area contributed by atoms with Crippen LogP contribution in [0.4, 0.5) is 0 Å². The van der Waals surface area contributed by atoms with Crippen LogP contribution in [0.5, 0.6) is 0 Å². The molecule has 28 heavy (non-hydrogen) atoms. The summed E-state index contributed by atoms with van der Waals surface area (Å²) in [5.41, 5.74) is -0.664. The number of halogens is 1. The van der Waals surface area contributed by atoms with Gasteiger partial charge in [0, 0.05) is 31.6 Å². The van der Waals surface area contributed by atoms with Crippen molar-refractivity contribution in [1.29, 1.82) is 0 Å². The molecule has 0 radical (unpaired) electrons. The van der Waals surface area contributed by atoms with E-state index >= 15 is 0 Å². The van der Waals surface area contributed by atoms with Crippen molar-refractivity contribution in [2.45, 2.75) is 75.4 Å². The first-order valence-electron chi connectivity index (χ1n) is 11.2. The van der Waals surface area contributed by atoms with Crippen LogP contribution in [0, 0.1) is 5.92 Å². The highest BCUT2D eigenvalue weighted by Gasteiger charge is 2.56. The van der Waals surface area contributed by atoms with Crippen LogP contribution in [-0.4, -0.2) is 82.9 Å². The summed E-state index contributed by atoms with van der Waals surface area (Å²) in [6.45, 7) is 6.16. The Morgan fingerprint density at radius 2 is 1.93 bits per heavy atom. The van der Waals surface area contributed by atoms with Gasteiger partial charge in [0.05, 0.1) is 12.7 Å². The van der Waals surface area contributed by atoms with E-state index in [0.717, 1.165) is 58.2 Å². The molecular formula is C21H35ClN4O2. The van der Waals surface area contributed by atoms with E-state index in [1.165, 1.54) is 12.8 Å². The van der Waals surface area contributed by atoms with Crippen LogP contribution in [0.3, 0.4) is 0 Å². The van der Waals surface area contributed by atoms with E-state index < -0.39 is 5.54 Å². The molecule has 0 aromatic rings. The monoisotopic (exact) mass is 410 g/mol. The summed E-state index contributed by atoms with van der Waals surface area (Å²) >= 11 is 6.29. The molecule has 2 unspecified atom stereocenters. The van der Waals surface area contributed by atoms with E-state index in [1.54, 1.807) is 4.90 Å². The zero-order valence-electron chi connectivity index (χ0n) is 17.2. The highest BCUT2D eigenvalue weighted by Crippen LogP contribution is 2.37. The minimum atomic E-state index is -0.664. The van der Waals surface area contributed by atoms with Gasteiger partial charge in [-0.25, -0.2) is 0 Å². The zero-order valence-corrected chi connectivity index (χ0v) is 17.9. The Kier molecular flexibility index (Phi) is 6.19. The van der Waals surface area contributed by atoms with Gasteiger partial charge >= 0.3 is 0 Å². The van der Waals surface area contributed by atoms with E-state index in [1.807, 2.05) is 11.8 Å². The maximum atomic E-state index is 13.5. The van der Waals surface area contributed by atoms with Crippen molar-refractivity contribution in [2.24, 2.45) is 5.92 Å². The Morgan fingerprint density at radius 1 is 1.14 bits per heavy atom. The van der Waals surface area contributed by atoms with Crippen LogP contribution in [0.2, 0.25) is 0 Å². The quantitative estimate of drug-likeness (QED) is 0.720. The topological polar surface area (TPSA) is 55.9 Å². The summed E-state index contributed by atoms with van der Waals surface area (Å²) in [7, 11) is 0. The van der Waals surface area contributed by atoms with Gasteiger partial charge in [-0.3, -0.25) is 14.5 Å². The van der Waals surface area contributed by atoms with Gasteiger partial charge in [0.2, 0.25) is 11.8 Å². The number of carbonyl (C=O) groups is 2. The summed E-state index contributed by atoms with van der Waals surface area (Å²) < 4.78 is 0. The Morgan fingerprint density at radius 3 is 2.61 bits per heavy atom. The van der Waals surface area contributed by atoms with Gasteiger partial charge in [0.25, 0.3) is 0 Å². The first kappa shape index (κ1) is 20.4. The number of hydrogen-bond acceptors (Lipinski definition) is 4. The molecule has 1 spiro atoms. The number of piperazine rings is 1. The number of carbonyl (C=O) groups excluding carboxylic acids is 2. The minimum absolute atomic E-state index is 0.132. The van der Waals surface area contributed by atoms with Gasteiger partial charge in [0.15, 0.2) is 0 Å². The maximum absolute atomic E-state index is 13.5. The summed E-state index contributed by atoms with van der Waals surface area (Å²) in [4.78, 5) is 32.9. The van der Waals surface area contributed by atoms with Crippen molar-refractivity contribution in [1.82, 2.24) is 20.0 Å². The van der Waals surface area contributed by atoms with Crippen molar-refractivity contribution in [3.63, 3.8) is 0 Å². The van der Waals surface area contributed by atoms with E-state index in [2.05, 4.69) is 10.2 Å². The van der Waals surface area contributed by atoms with Gasteiger partial charge in [-0.2, -0.15) is 0 Å². The third-order valence-corrected chi connectivity index (χ3v) is 7.87. The molecule has 6 nitrogen and oxygen atoms in total. The second kappa shape index (κ2) is 8.49. The number of nitrogens with zero attached hydrogens (tertiary/aromatic N) is 3. The van der Waals surface area contributed by atoms with Crippen LogP contribution in [0.1, 0.15) is 58.3 Å². The lowest BCUT2D eigenvalue weighted by Gasteiger charge is -2.49. The highest BCUT2D eigenvalue weighted by atomic mass is 35.5. The fraction of sp³-hybridized carbons (Fsp3) is 0.905. The molecule has 0 aromatic carbocycles. The van der Waals surface area contributed by atoms with Crippen molar-refractivity contribution < 1.29 is 9.59 Å². The van der Waals surface area contributed by atoms with E-state index in [-0.39, 0.29) is 23.7 Å². The average Bonchev–Trinajstić information content (AvgIpc) is 3.16. The van der Waals surface area contributed by atoms with Gasteiger partial charge in [0.1, 0.15) is 5.54 Å². The van der Waals surface area contributed by atoms with Crippen LogP contribution >= 0.6 is 11.6 Å². The predicted octanol–water partition coefficient (Wildman–Crippen LogP) is 2.02. The lowest BCUT2D eigenvalue weighted by atomic mass is 9.85. The Labute approximate surface area is 173 Å². The summed E-state index contributed by atoms with van der Waals surface area (Å²) in [5, 5.41) is 3.89. The molecule has 4 fully saturated rings. The first-order chi connectivity index (χ1) is 13.5. The van der Waals surface area contributed by atoms with Crippen LogP contribution in [0.25, 0.3) is 0 Å². The summed E-state index contributed by atoms with van der Waals surface area (Å²) in [6.07, 6.45) is 8.88. The fourth-order valence-electron chi connectivity index (χ4n) is 5.69. The molecule has 0 aromatic heterocycles. The summed E-state index contributed by atoms with van der Waals surface area (Å²) in [5.74, 6) is 0.769. The Balaban J connectivity index is 1.54. The van der Waals surface area contributed by atoms with E-state index in [0.29, 0.717) is 25.2 Å². The minimum Gasteiger partial charge on any atom is -0.332 e. The number of alkyl halides is 1. The smallest absolute Gasteiger partial charge is 0.250 e. The molecule has 1 saturated carbocycles. The molecule has 2 atom stereocenters. The van der Waals surface area contributed by atoms with Gasteiger partial charge < -0.3 is 15.1 Å². The third-order valence-electron chi connectivity index (χ3n) is 7.43. The Hall–Kier alpha value is -0.850. The van der Waals surface area contributed by atoms with Crippen molar-refractivity contribution in [3.05, 3.63) is 0 Å². The molecule has 4 aliphatic rings. The SMILES string of the molecule is CCN1CC(=O)N(CC2CCC(Cl)CC2)C2(CCN(C3CCCCN3)C2)C1=O. The van der Waals surface area contributed by atoms with Crippen LogP contribution < -0.4 is 5.32 Å². The van der Waals surface area contributed by atoms with Crippen LogP contribution in [0.15, 0.2) is 0 Å². The molecule has 1 N–H and O–H groups in total. The standard InChI is InChI=1S/C21H35ClN4O2/c1-2-24-14-19(27)26(13-16-6-8-17(22)9-7-16)21(20(24)28)10-12-25(15-21)18-5-3-4-11-23-18/h16-18,23H,2-15H2,1H3. The van der Waals surface area contributed by atoms with E-state index in [9.17, 15) is 9.59 Å². The largest absolute Gasteiger partial charge is 0.332 e. The number of piperidine rings is 1. The first-order valence-corrected chi connectivity index (χ1v) is 11.7. The van der Waals surface area contributed by atoms with Crippen molar-refractivity contribution in [3.8, 4) is 0 Å². The number of nitrogens with one attached hydrogen (secondary N) is 1. The number of hydrogen-bond donors (Lipinski definition) is 1. The average molecular weight is 411 g/mol. The van der Waals surface area contributed by atoms with Crippen LogP contribution in [-0.2, 0) is 9.59 Å². The Bertz CT molecular complexity index is 589. The molecule has 3 aliphatic heterocycles. The lowest BCUT2D eigenvalue weighted by molar-refractivity contribution is -0.165. The second-order valence-corrected chi connectivity index (χ2v) is 9.78. The number of likely N-dealkylation sites (tertiary alicyclic amines) is 1. The maximum Gasteiger partial charge on any atom is 0.250 e. The third kappa shape index (κ3) is 3.80. The van der Waals surface area contributed by atoms with Gasteiger partial charge in [-0.15, -0.1) is 11.6 Å². The molecule has 2 amide bonds. The van der Waals surface area contributed by atoms with Gasteiger partial charge in [-0.05, 0) is 70.8 Å². The number of likely N-dealkylation sites (N-methyl/N-ethyl adjacent to an activating group) is 1.